The molecule has 3 unspecified atom stereocenters. The first-order valence-corrected chi connectivity index (χ1v) is 16.8. The van der Waals surface area contributed by atoms with Crippen molar-refractivity contribution >= 4 is 39.1 Å². The van der Waals surface area contributed by atoms with Crippen molar-refractivity contribution in [2.75, 3.05) is 34.3 Å². The van der Waals surface area contributed by atoms with E-state index in [0.717, 1.165) is 38.5 Å². The molecule has 10 heteroatoms. The van der Waals surface area contributed by atoms with Gasteiger partial charge >= 0.3 is 0 Å². The number of nitrogens with one attached hydrogen (secondary N) is 1. The van der Waals surface area contributed by atoms with Crippen molar-refractivity contribution in [3.63, 3.8) is 0 Å². The Morgan fingerprint density at radius 1 is 0.951 bits per heavy atom. The third-order valence-corrected chi connectivity index (χ3v) is 11.4. The predicted octanol–water partition coefficient (Wildman–Crippen LogP) is 6.17. The molecule has 2 saturated carbocycles. The number of ether oxygens (including phenoxy) is 1. The number of nitrogens with zero attached hydrogens (tertiary/aromatic N) is 2. The largest absolute Gasteiger partial charge is 0.367 e. The van der Waals surface area contributed by atoms with E-state index in [1.54, 1.807) is 7.05 Å². The van der Waals surface area contributed by atoms with E-state index in [-0.39, 0.29) is 34.6 Å². The molecule has 2 fully saturated rings. The summed E-state index contributed by atoms with van der Waals surface area (Å²) in [5.74, 6) is 0.906. The Balaban J connectivity index is 1.25. The molecule has 2 aromatic rings. The minimum absolute atomic E-state index is 0.0755. The van der Waals surface area contributed by atoms with Crippen LogP contribution < -0.4 is 5.32 Å². The SMILES string of the molecule is CN(C)C(c1ccccc1)C1CCC(CNC(=O)COC2CCCCC2N(C)S(=O)(=O)c2ccc(Cl)c(Cl)c2)CC1. The van der Waals surface area contributed by atoms with Crippen molar-refractivity contribution in [2.24, 2.45) is 11.8 Å². The molecule has 0 spiro atoms. The Morgan fingerprint density at radius 3 is 2.29 bits per heavy atom. The minimum atomic E-state index is -3.80. The average Bonchev–Trinajstić information content (AvgIpc) is 2.97. The molecule has 3 atom stereocenters. The van der Waals surface area contributed by atoms with Crippen molar-refractivity contribution in [1.82, 2.24) is 14.5 Å². The number of hydrogen-bond acceptors (Lipinski definition) is 5. The summed E-state index contributed by atoms with van der Waals surface area (Å²) in [6.07, 6.45) is 7.31. The van der Waals surface area contributed by atoms with Crippen LogP contribution in [0.5, 0.6) is 0 Å². The van der Waals surface area contributed by atoms with Crippen LogP contribution >= 0.6 is 23.2 Å². The van der Waals surface area contributed by atoms with Crippen LogP contribution in [-0.2, 0) is 19.6 Å². The topological polar surface area (TPSA) is 79.0 Å². The van der Waals surface area contributed by atoms with Gasteiger partial charge in [0.25, 0.3) is 0 Å². The molecule has 0 heterocycles. The highest BCUT2D eigenvalue weighted by atomic mass is 35.5. The van der Waals surface area contributed by atoms with E-state index < -0.39 is 10.0 Å². The van der Waals surface area contributed by atoms with E-state index in [2.05, 4.69) is 54.6 Å². The molecule has 0 aromatic heterocycles. The van der Waals surface area contributed by atoms with Crippen LogP contribution in [0.4, 0.5) is 0 Å². The highest BCUT2D eigenvalue weighted by Crippen LogP contribution is 2.39. The number of likely N-dealkylation sites (N-methyl/N-ethyl adjacent to an activating group) is 1. The summed E-state index contributed by atoms with van der Waals surface area (Å²) >= 11 is 12.1. The van der Waals surface area contributed by atoms with Crippen LogP contribution in [0.1, 0.15) is 63.0 Å². The van der Waals surface area contributed by atoms with Gasteiger partial charge in [-0.3, -0.25) is 4.79 Å². The Kier molecular flexibility index (Phi) is 11.5. The maximum Gasteiger partial charge on any atom is 0.246 e. The molecule has 2 aromatic carbocycles. The number of carbonyl (C=O) groups is 1. The van der Waals surface area contributed by atoms with E-state index >= 15 is 0 Å². The third kappa shape index (κ3) is 8.24. The quantitative estimate of drug-likeness (QED) is 0.324. The van der Waals surface area contributed by atoms with Crippen LogP contribution in [0.25, 0.3) is 0 Å². The van der Waals surface area contributed by atoms with Gasteiger partial charge < -0.3 is 15.0 Å². The predicted molar refractivity (Wildman–Crippen MR) is 165 cm³/mol. The van der Waals surface area contributed by atoms with Gasteiger partial charge in [0, 0.05) is 19.6 Å². The molecular formula is C31H43Cl2N3O4S. The average molecular weight is 625 g/mol. The lowest BCUT2D eigenvalue weighted by Gasteiger charge is -2.38. The first kappa shape index (κ1) is 32.2. The van der Waals surface area contributed by atoms with Gasteiger partial charge in [-0.05, 0) is 88.2 Å². The van der Waals surface area contributed by atoms with E-state index in [9.17, 15) is 13.2 Å². The first-order chi connectivity index (χ1) is 19.6. The van der Waals surface area contributed by atoms with Crippen LogP contribution in [0.3, 0.4) is 0 Å². The molecule has 0 bridgehead atoms. The van der Waals surface area contributed by atoms with Crippen molar-refractivity contribution < 1.29 is 17.9 Å². The smallest absolute Gasteiger partial charge is 0.246 e. The second-order valence-electron chi connectivity index (χ2n) is 11.7. The van der Waals surface area contributed by atoms with E-state index in [1.807, 2.05) is 0 Å². The Bertz CT molecular complexity index is 1250. The lowest BCUT2D eigenvalue weighted by Crippen LogP contribution is -2.48. The molecule has 2 aliphatic carbocycles. The summed E-state index contributed by atoms with van der Waals surface area (Å²) in [6.45, 7) is 0.570. The van der Waals surface area contributed by atoms with Crippen LogP contribution in [0.15, 0.2) is 53.4 Å². The molecular weight excluding hydrogens is 581 g/mol. The standard InChI is InChI=1S/C31H43Cl2N3O4S/c1-35(2)31(23-9-5-4-6-10-23)24-15-13-22(14-16-24)20-34-30(37)21-40-29-12-8-7-11-28(29)36(3)41(38,39)25-17-18-26(32)27(33)19-25/h4-6,9-10,17-19,22,24,28-29,31H,7-8,11-16,20-21H2,1-3H3,(H,34,37). The van der Waals surface area contributed by atoms with Gasteiger partial charge in [-0.2, -0.15) is 4.31 Å². The maximum absolute atomic E-state index is 13.3. The highest BCUT2D eigenvalue weighted by Gasteiger charge is 2.36. The van der Waals surface area contributed by atoms with Crippen LogP contribution in [0, 0.1) is 11.8 Å². The normalized spacial score (nSPS) is 24.4. The summed E-state index contributed by atoms with van der Waals surface area (Å²) in [4.78, 5) is 15.2. The fourth-order valence-electron chi connectivity index (χ4n) is 6.51. The van der Waals surface area contributed by atoms with Crippen LogP contribution in [0.2, 0.25) is 10.0 Å². The molecule has 0 saturated heterocycles. The summed E-state index contributed by atoms with van der Waals surface area (Å²) < 4.78 is 34.1. The molecule has 0 radical (unpaired) electrons. The highest BCUT2D eigenvalue weighted by molar-refractivity contribution is 7.89. The summed E-state index contributed by atoms with van der Waals surface area (Å²) in [7, 11) is 2.08. The van der Waals surface area contributed by atoms with Crippen molar-refractivity contribution in [2.45, 2.75) is 74.4 Å². The van der Waals surface area contributed by atoms with Gasteiger partial charge in [-0.1, -0.05) is 66.4 Å². The molecule has 4 rings (SSSR count). The van der Waals surface area contributed by atoms with Crippen molar-refractivity contribution in [3.8, 4) is 0 Å². The summed E-state index contributed by atoms with van der Waals surface area (Å²) in [5, 5.41) is 3.56. The first-order valence-electron chi connectivity index (χ1n) is 14.6. The number of carbonyl (C=O) groups excluding carboxylic acids is 1. The zero-order chi connectivity index (χ0) is 29.6. The number of amides is 1. The zero-order valence-corrected chi connectivity index (χ0v) is 26.6. The van der Waals surface area contributed by atoms with Gasteiger partial charge in [-0.25, -0.2) is 8.42 Å². The monoisotopic (exact) mass is 623 g/mol. The maximum atomic E-state index is 13.3. The van der Waals surface area contributed by atoms with Gasteiger partial charge in [-0.15, -0.1) is 0 Å². The molecule has 1 amide bonds. The Morgan fingerprint density at radius 2 is 1.63 bits per heavy atom. The van der Waals surface area contributed by atoms with Gasteiger partial charge in [0.05, 0.1) is 27.1 Å². The molecule has 41 heavy (non-hydrogen) atoms. The Labute approximate surface area is 255 Å². The number of benzene rings is 2. The van der Waals surface area contributed by atoms with Gasteiger partial charge in [0.2, 0.25) is 15.9 Å². The van der Waals surface area contributed by atoms with Crippen molar-refractivity contribution in [1.29, 1.82) is 0 Å². The van der Waals surface area contributed by atoms with Gasteiger partial charge in [0.1, 0.15) is 6.61 Å². The molecule has 2 aliphatic rings. The molecule has 7 nitrogen and oxygen atoms in total. The molecule has 1 N–H and O–H groups in total. The number of hydrogen-bond donors (Lipinski definition) is 1. The second-order valence-corrected chi connectivity index (χ2v) is 14.5. The Hall–Kier alpha value is -1.68. The lowest BCUT2D eigenvalue weighted by atomic mass is 9.76. The number of rotatable bonds is 11. The van der Waals surface area contributed by atoms with Crippen LogP contribution in [-0.4, -0.2) is 70.0 Å². The van der Waals surface area contributed by atoms with Gasteiger partial charge in [0.15, 0.2) is 0 Å². The van der Waals surface area contributed by atoms with E-state index in [4.69, 9.17) is 27.9 Å². The van der Waals surface area contributed by atoms with Crippen molar-refractivity contribution in [3.05, 3.63) is 64.1 Å². The minimum Gasteiger partial charge on any atom is -0.367 e. The zero-order valence-electron chi connectivity index (χ0n) is 24.3. The summed E-state index contributed by atoms with van der Waals surface area (Å²) in [6, 6.07) is 15.1. The fourth-order valence-corrected chi connectivity index (χ4v) is 8.31. The third-order valence-electron chi connectivity index (χ3n) is 8.75. The van der Waals surface area contributed by atoms with E-state index in [1.165, 1.54) is 28.1 Å². The number of sulfonamides is 1. The fraction of sp³-hybridized carbons (Fsp3) is 0.581. The lowest BCUT2D eigenvalue weighted by molar-refractivity contribution is -0.129. The number of halogens is 2. The van der Waals surface area contributed by atoms with E-state index in [0.29, 0.717) is 42.3 Å². The molecule has 226 valence electrons. The molecule has 0 aliphatic heterocycles. The summed E-state index contributed by atoms with van der Waals surface area (Å²) in [5.41, 5.74) is 1.36. The second kappa shape index (κ2) is 14.7.